The molecule has 2 nitrogen and oxygen atoms in total. The Labute approximate surface area is 635 Å². The van der Waals surface area contributed by atoms with Crippen molar-refractivity contribution in [2.24, 2.45) is 0 Å². The number of anilines is 6. The molecule has 0 aromatic heterocycles. The molecule has 7 aliphatic carbocycles. The molecule has 17 aromatic carbocycles. The summed E-state index contributed by atoms with van der Waals surface area (Å²) in [5.41, 5.74) is 44.7. The first kappa shape index (κ1) is 60.6. The van der Waals surface area contributed by atoms with Gasteiger partial charge in [-0.3, -0.25) is 0 Å². The number of hydrogen-bond acceptors (Lipinski definition) is 2. The summed E-state index contributed by atoms with van der Waals surface area (Å²) in [6.07, 6.45) is 0. The topological polar surface area (TPSA) is 6.48 Å². The van der Waals surface area contributed by atoms with Crippen LogP contribution in [0.5, 0.6) is 0 Å². The van der Waals surface area contributed by atoms with Gasteiger partial charge in [0.1, 0.15) is 0 Å². The predicted molar refractivity (Wildman–Crippen MR) is 448 cm³/mol. The first-order chi connectivity index (χ1) is 54.0. The van der Waals surface area contributed by atoms with Gasteiger partial charge in [-0.05, 0) is 229 Å². The Morgan fingerprint density at radius 1 is 0.174 bits per heavy atom. The standard InChI is InChI=1S/C107H68N2/c1-104(69-30-5-2-6-31-69)84-44-19-16-41-79(84)101-94(104)52-27-56-99(101)109(71-34-9-4-10-35-71)100-57-29-54-96-103(100)81-43-18-26-51-91(81)106(96)89-49-24-15-40-77(89)83-65-68(59-63-93(83)106)67-58-62-92-82(64-67)76-39-14-23-48-88(76)105(92)90-50-25-17-42-80(90)102-95(105)53-28-55-98(102)108(70-32-7-3-8-33-70)72-60-61-78-75-38-13-22-47-87(75)107(97(78)66-72)85-45-20-11-36-73(85)74-37-12-21-46-86(74)107/h2-66H,1H3. The van der Waals surface area contributed by atoms with Crippen LogP contribution in [0.25, 0.3) is 89.0 Å². The molecule has 2 heteroatoms. The third kappa shape index (κ3) is 7.60. The Bertz CT molecular complexity index is 6720. The average molecular weight is 1380 g/mol. The SMILES string of the molecule is CC1(c2ccccc2)c2ccccc2-c2c(N(c3ccccc3)c3cccc4c3-c3ccccc3C43c4ccccc4-c4cc(-c5ccc6c(c5)-c5ccccc5C65c6ccccc6-c6c(N(c7ccccc7)c7ccc8c(c7)C7(c9ccccc9-c9ccccc97)c7ccccc7-8)cccc65)ccc43)cccc21. The highest BCUT2D eigenvalue weighted by molar-refractivity contribution is 6.07. The third-order valence-corrected chi connectivity index (χ3v) is 26.2. The van der Waals surface area contributed by atoms with E-state index in [1.165, 1.54) is 172 Å². The maximum absolute atomic E-state index is 2.57. The van der Waals surface area contributed by atoms with Gasteiger partial charge < -0.3 is 9.80 Å². The van der Waals surface area contributed by atoms with E-state index in [0.717, 1.165) is 34.1 Å². The van der Waals surface area contributed by atoms with Gasteiger partial charge >= 0.3 is 0 Å². The molecule has 3 unspecified atom stereocenters. The van der Waals surface area contributed by atoms with E-state index in [4.69, 9.17) is 0 Å². The molecule has 17 aromatic rings. The Morgan fingerprint density at radius 3 is 0.908 bits per heavy atom. The Kier molecular flexibility index (Phi) is 12.4. The Morgan fingerprint density at radius 2 is 0.468 bits per heavy atom. The van der Waals surface area contributed by atoms with Crippen LogP contribution in [0.2, 0.25) is 0 Å². The predicted octanol–water partition coefficient (Wildman–Crippen LogP) is 26.7. The van der Waals surface area contributed by atoms with Gasteiger partial charge in [0, 0.05) is 39.2 Å². The first-order valence-electron chi connectivity index (χ1n) is 38.4. The molecule has 0 fully saturated rings. The second kappa shape index (κ2) is 22.2. The van der Waals surface area contributed by atoms with Crippen LogP contribution in [0.3, 0.4) is 0 Å². The molecule has 0 amide bonds. The van der Waals surface area contributed by atoms with Crippen molar-refractivity contribution in [2.75, 3.05) is 9.80 Å². The molecule has 0 bridgehead atoms. The van der Waals surface area contributed by atoms with E-state index in [-0.39, 0.29) is 5.41 Å². The maximum atomic E-state index is 2.57. The van der Waals surface area contributed by atoms with Crippen molar-refractivity contribution in [3.05, 3.63) is 478 Å². The molecule has 0 heterocycles. The van der Waals surface area contributed by atoms with E-state index < -0.39 is 16.2 Å². The van der Waals surface area contributed by atoms with E-state index in [1.807, 2.05) is 0 Å². The zero-order valence-electron chi connectivity index (χ0n) is 59.9. The molecule has 0 saturated heterocycles. The van der Waals surface area contributed by atoms with Gasteiger partial charge in [0.05, 0.1) is 33.3 Å². The lowest BCUT2D eigenvalue weighted by Gasteiger charge is -2.33. The van der Waals surface area contributed by atoms with Crippen LogP contribution in [-0.4, -0.2) is 0 Å². The van der Waals surface area contributed by atoms with E-state index in [2.05, 4.69) is 411 Å². The zero-order valence-corrected chi connectivity index (χ0v) is 59.9. The second-order valence-corrected chi connectivity index (χ2v) is 30.8. The molecule has 7 aliphatic rings. The van der Waals surface area contributed by atoms with E-state index in [0.29, 0.717) is 0 Å². The molecule has 24 rings (SSSR count). The normalized spacial score (nSPS) is 17.4. The van der Waals surface area contributed by atoms with Crippen LogP contribution in [0.15, 0.2) is 394 Å². The van der Waals surface area contributed by atoms with Gasteiger partial charge in [-0.2, -0.15) is 0 Å². The Balaban J connectivity index is 0.660. The number of benzene rings is 17. The fraction of sp³-hybridized carbons (Fsp3) is 0.0467. The molecule has 109 heavy (non-hydrogen) atoms. The summed E-state index contributed by atoms with van der Waals surface area (Å²) >= 11 is 0. The minimum Gasteiger partial charge on any atom is -0.310 e. The van der Waals surface area contributed by atoms with Gasteiger partial charge in [-0.15, -0.1) is 0 Å². The fourth-order valence-electron chi connectivity index (χ4n) is 22.1. The monoisotopic (exact) mass is 1380 g/mol. The fourth-order valence-corrected chi connectivity index (χ4v) is 22.1. The summed E-state index contributed by atoms with van der Waals surface area (Å²) in [5, 5.41) is 0. The molecular weight excluding hydrogens is 1310 g/mol. The molecule has 3 atom stereocenters. The van der Waals surface area contributed by atoms with Crippen molar-refractivity contribution >= 4 is 34.1 Å². The molecule has 0 aliphatic heterocycles. The largest absolute Gasteiger partial charge is 0.310 e. The smallest absolute Gasteiger partial charge is 0.0726 e. The Hall–Kier alpha value is -13.7. The van der Waals surface area contributed by atoms with Crippen molar-refractivity contribution in [3.8, 4) is 89.0 Å². The maximum Gasteiger partial charge on any atom is 0.0726 e. The lowest BCUT2D eigenvalue weighted by molar-refractivity contribution is 0.714. The minimum atomic E-state index is -0.606. The molecular formula is C107H68N2. The van der Waals surface area contributed by atoms with Crippen molar-refractivity contribution in [1.82, 2.24) is 0 Å². The highest BCUT2D eigenvalue weighted by Gasteiger charge is 2.56. The van der Waals surface area contributed by atoms with Gasteiger partial charge in [0.25, 0.3) is 0 Å². The van der Waals surface area contributed by atoms with Crippen LogP contribution >= 0.6 is 0 Å². The van der Waals surface area contributed by atoms with Gasteiger partial charge in [-0.25, -0.2) is 0 Å². The second-order valence-electron chi connectivity index (χ2n) is 30.8. The van der Waals surface area contributed by atoms with Crippen LogP contribution in [0, 0.1) is 0 Å². The highest BCUT2D eigenvalue weighted by Crippen LogP contribution is 2.70. The van der Waals surface area contributed by atoms with Crippen molar-refractivity contribution < 1.29 is 0 Å². The lowest BCUT2D eigenvalue weighted by Crippen LogP contribution is -2.26. The molecule has 0 saturated carbocycles. The van der Waals surface area contributed by atoms with E-state index in [9.17, 15) is 0 Å². The number of hydrogen-bond donors (Lipinski definition) is 0. The molecule has 0 radical (unpaired) electrons. The summed E-state index contributed by atoms with van der Waals surface area (Å²) in [4.78, 5) is 5.12. The minimum absolute atomic E-state index is 0.363. The number of nitrogens with zero attached hydrogens (tertiary/aromatic N) is 2. The summed E-state index contributed by atoms with van der Waals surface area (Å²) in [6.45, 7) is 2.42. The third-order valence-electron chi connectivity index (χ3n) is 26.2. The van der Waals surface area contributed by atoms with Crippen LogP contribution in [0.1, 0.15) is 90.4 Å². The lowest BCUT2D eigenvalue weighted by atomic mass is 9.70. The summed E-state index contributed by atoms with van der Waals surface area (Å²) in [7, 11) is 0. The van der Waals surface area contributed by atoms with Crippen LogP contribution in [-0.2, 0) is 21.7 Å². The van der Waals surface area contributed by atoms with Gasteiger partial charge in [0.2, 0.25) is 0 Å². The van der Waals surface area contributed by atoms with Gasteiger partial charge in [-0.1, -0.05) is 328 Å². The van der Waals surface area contributed by atoms with Crippen molar-refractivity contribution in [1.29, 1.82) is 0 Å². The summed E-state index contributed by atoms with van der Waals surface area (Å²) in [6, 6.07) is 150. The summed E-state index contributed by atoms with van der Waals surface area (Å²) < 4.78 is 0. The van der Waals surface area contributed by atoms with Crippen molar-refractivity contribution in [2.45, 2.75) is 28.6 Å². The summed E-state index contributed by atoms with van der Waals surface area (Å²) in [5.74, 6) is 0. The van der Waals surface area contributed by atoms with E-state index >= 15 is 0 Å². The molecule has 3 spiro atoms. The van der Waals surface area contributed by atoms with Crippen LogP contribution < -0.4 is 9.80 Å². The van der Waals surface area contributed by atoms with E-state index in [1.54, 1.807) is 0 Å². The molecule has 506 valence electrons. The molecule has 0 N–H and O–H groups in total. The number of fused-ring (bicyclic) bond motifs is 33. The highest BCUT2D eigenvalue weighted by atomic mass is 15.2. The quantitative estimate of drug-likeness (QED) is 0.150. The first-order valence-corrected chi connectivity index (χ1v) is 38.4. The number of para-hydroxylation sites is 2. The van der Waals surface area contributed by atoms with Crippen LogP contribution in [0.4, 0.5) is 34.1 Å². The van der Waals surface area contributed by atoms with Gasteiger partial charge in [0.15, 0.2) is 0 Å². The average Bonchev–Trinajstić information content (AvgIpc) is 1.49. The zero-order chi connectivity index (χ0) is 71.5. The number of rotatable bonds is 8. The van der Waals surface area contributed by atoms with Crippen molar-refractivity contribution in [3.63, 3.8) is 0 Å².